The summed E-state index contributed by atoms with van der Waals surface area (Å²) in [7, 11) is 0. The predicted octanol–water partition coefficient (Wildman–Crippen LogP) is 14.7. The highest BCUT2D eigenvalue weighted by Gasteiger charge is 2.25. The van der Waals surface area contributed by atoms with E-state index >= 15 is 0 Å². The summed E-state index contributed by atoms with van der Waals surface area (Å²) in [5, 5.41) is 12.5. The van der Waals surface area contributed by atoms with Crippen LogP contribution in [0.2, 0.25) is 0 Å². The Morgan fingerprint density at radius 3 is 1.64 bits per heavy atom. The minimum atomic E-state index is 0.839. The van der Waals surface area contributed by atoms with Crippen LogP contribution in [-0.4, -0.2) is 0 Å². The molecule has 0 spiro atoms. The van der Waals surface area contributed by atoms with E-state index in [9.17, 15) is 0 Å². The van der Waals surface area contributed by atoms with Crippen molar-refractivity contribution >= 4 is 87.2 Å². The minimum Gasteiger partial charge on any atom is -0.463 e. The van der Waals surface area contributed by atoms with Crippen molar-refractivity contribution in [2.24, 2.45) is 0 Å². The fourth-order valence-corrected chi connectivity index (χ4v) is 8.88. The van der Waals surface area contributed by atoms with E-state index in [0.717, 1.165) is 93.4 Å². The third kappa shape index (κ3) is 3.99. The first-order chi connectivity index (χ1) is 26.3. The molecule has 0 aliphatic heterocycles. The lowest BCUT2D eigenvalue weighted by atomic mass is 9.84. The van der Waals surface area contributed by atoms with E-state index in [0.29, 0.717) is 0 Å². The minimum absolute atomic E-state index is 0.839. The Bertz CT molecular complexity index is 3400. The van der Waals surface area contributed by atoms with Gasteiger partial charge in [-0.15, -0.1) is 0 Å². The van der Waals surface area contributed by atoms with Crippen molar-refractivity contribution in [3.63, 3.8) is 0 Å². The highest BCUT2D eigenvalue weighted by Crippen LogP contribution is 2.50. The van der Waals surface area contributed by atoms with Crippen LogP contribution in [0.3, 0.4) is 0 Å². The lowest BCUT2D eigenvalue weighted by Gasteiger charge is -2.18. The average Bonchev–Trinajstić information content (AvgIpc) is 3.92. The molecule has 0 aliphatic rings. The molecule has 0 saturated carbocycles. The molecule has 0 aliphatic carbocycles. The van der Waals surface area contributed by atoms with Crippen LogP contribution in [0, 0.1) is 0 Å². The molecule has 246 valence electrons. The molecule has 3 heteroatoms. The van der Waals surface area contributed by atoms with Crippen molar-refractivity contribution in [2.45, 2.75) is 0 Å². The Kier molecular flexibility index (Phi) is 5.77. The van der Waals surface area contributed by atoms with Crippen LogP contribution >= 0.6 is 0 Å². The molecular weight excluding hydrogens is 649 g/mol. The molecular formula is C50H28O3. The van der Waals surface area contributed by atoms with Gasteiger partial charge in [0.1, 0.15) is 27.9 Å². The number of furan rings is 3. The normalized spacial score (nSPS) is 12.2. The molecule has 0 fully saturated rings. The maximum absolute atomic E-state index is 6.81. The van der Waals surface area contributed by atoms with E-state index in [2.05, 4.69) is 146 Å². The van der Waals surface area contributed by atoms with E-state index in [1.807, 2.05) is 24.5 Å². The summed E-state index contributed by atoms with van der Waals surface area (Å²) < 4.78 is 19.7. The summed E-state index contributed by atoms with van der Waals surface area (Å²) >= 11 is 0. The SMILES string of the molecule is c1ccc2c(-c3coc4c(-c5c6ccccc6c(-c6ccc7oc8ccccc8c7c6)c6ccccc56)cc5oc6ccccc6c5c34)cccc2c1. The number of para-hydroxylation sites is 2. The highest BCUT2D eigenvalue weighted by molar-refractivity contribution is 6.30. The monoisotopic (exact) mass is 676 g/mol. The Morgan fingerprint density at radius 1 is 0.321 bits per heavy atom. The summed E-state index contributed by atoms with van der Waals surface area (Å²) in [5.41, 5.74) is 11.0. The van der Waals surface area contributed by atoms with Crippen LogP contribution in [0.15, 0.2) is 183 Å². The number of benzene rings is 9. The van der Waals surface area contributed by atoms with Gasteiger partial charge in [0.05, 0.1) is 6.26 Å². The molecule has 12 aromatic rings. The molecule has 0 radical (unpaired) electrons. The zero-order valence-corrected chi connectivity index (χ0v) is 28.4. The summed E-state index contributed by atoms with van der Waals surface area (Å²) in [4.78, 5) is 0. The quantitative estimate of drug-likeness (QED) is 0.175. The summed E-state index contributed by atoms with van der Waals surface area (Å²) in [6, 6.07) is 58.0. The van der Waals surface area contributed by atoms with Crippen LogP contribution in [0.5, 0.6) is 0 Å². The fourth-order valence-electron chi connectivity index (χ4n) is 8.88. The molecule has 0 bridgehead atoms. The van der Waals surface area contributed by atoms with Crippen LogP contribution in [0.25, 0.3) is 121 Å². The largest absolute Gasteiger partial charge is 0.463 e. The Morgan fingerprint density at radius 2 is 0.887 bits per heavy atom. The second-order valence-corrected chi connectivity index (χ2v) is 13.9. The molecule has 0 amide bonds. The van der Waals surface area contributed by atoms with Gasteiger partial charge in [-0.1, -0.05) is 133 Å². The second kappa shape index (κ2) is 10.7. The van der Waals surface area contributed by atoms with E-state index in [4.69, 9.17) is 13.3 Å². The van der Waals surface area contributed by atoms with Gasteiger partial charge < -0.3 is 13.3 Å². The van der Waals surface area contributed by atoms with E-state index in [1.54, 1.807) is 0 Å². The Balaban J connectivity index is 1.22. The van der Waals surface area contributed by atoms with Crippen LogP contribution in [-0.2, 0) is 0 Å². The number of fused-ring (bicyclic) bond motifs is 11. The molecule has 3 nitrogen and oxygen atoms in total. The number of rotatable bonds is 3. The zero-order valence-electron chi connectivity index (χ0n) is 28.4. The topological polar surface area (TPSA) is 39.4 Å². The van der Waals surface area contributed by atoms with Gasteiger partial charge in [0.25, 0.3) is 0 Å². The standard InChI is InChI=1S/C50H28O3/c1-2-14-31-29(12-1)13-11-21-32(31)41-28-51-50-40(27-45-48(49(41)50)38-20-8-10-23-43(38)53-45)47-36-18-5-3-16-34(36)46(35-17-4-6-19-37(35)47)30-24-25-44-39(26-30)33-15-7-9-22-42(33)52-44/h1-28H. The first-order valence-corrected chi connectivity index (χ1v) is 18.0. The fraction of sp³-hybridized carbons (Fsp3) is 0. The molecule has 0 N–H and O–H groups in total. The van der Waals surface area contributed by atoms with Gasteiger partial charge in [0.2, 0.25) is 0 Å². The predicted molar refractivity (Wildman–Crippen MR) is 220 cm³/mol. The van der Waals surface area contributed by atoms with Gasteiger partial charge in [0, 0.05) is 43.6 Å². The van der Waals surface area contributed by atoms with Gasteiger partial charge in [-0.2, -0.15) is 0 Å². The van der Waals surface area contributed by atoms with Crippen LogP contribution < -0.4 is 0 Å². The van der Waals surface area contributed by atoms with Crippen molar-refractivity contribution in [2.75, 3.05) is 0 Å². The summed E-state index contributed by atoms with van der Waals surface area (Å²) in [5.74, 6) is 0. The molecule has 0 saturated heterocycles. The Labute approximate surface area is 302 Å². The summed E-state index contributed by atoms with van der Waals surface area (Å²) in [6.07, 6.45) is 1.94. The molecule has 53 heavy (non-hydrogen) atoms. The van der Waals surface area contributed by atoms with Gasteiger partial charge in [-0.05, 0) is 79.3 Å². The van der Waals surface area contributed by atoms with E-state index < -0.39 is 0 Å². The van der Waals surface area contributed by atoms with Crippen molar-refractivity contribution in [1.29, 1.82) is 0 Å². The smallest absolute Gasteiger partial charge is 0.143 e. The molecule has 12 rings (SSSR count). The third-order valence-corrected chi connectivity index (χ3v) is 11.1. The maximum atomic E-state index is 6.81. The first-order valence-electron chi connectivity index (χ1n) is 18.0. The van der Waals surface area contributed by atoms with E-state index in [1.165, 1.54) is 27.1 Å². The van der Waals surface area contributed by atoms with Gasteiger partial charge in [-0.3, -0.25) is 0 Å². The van der Waals surface area contributed by atoms with Gasteiger partial charge in [-0.25, -0.2) is 0 Å². The van der Waals surface area contributed by atoms with Crippen LogP contribution in [0.1, 0.15) is 0 Å². The molecule has 0 atom stereocenters. The molecule has 3 aromatic heterocycles. The molecule has 9 aromatic carbocycles. The average molecular weight is 677 g/mol. The lowest BCUT2D eigenvalue weighted by molar-refractivity contribution is 0.617. The molecule has 0 unspecified atom stereocenters. The van der Waals surface area contributed by atoms with Crippen molar-refractivity contribution in [3.05, 3.63) is 170 Å². The number of hydrogen-bond donors (Lipinski definition) is 0. The second-order valence-electron chi connectivity index (χ2n) is 13.9. The maximum Gasteiger partial charge on any atom is 0.143 e. The lowest BCUT2D eigenvalue weighted by Crippen LogP contribution is -1.91. The highest BCUT2D eigenvalue weighted by atomic mass is 16.3. The van der Waals surface area contributed by atoms with Crippen molar-refractivity contribution in [3.8, 4) is 33.4 Å². The summed E-state index contributed by atoms with van der Waals surface area (Å²) in [6.45, 7) is 0. The van der Waals surface area contributed by atoms with E-state index in [-0.39, 0.29) is 0 Å². The zero-order chi connectivity index (χ0) is 34.6. The van der Waals surface area contributed by atoms with Crippen molar-refractivity contribution in [1.82, 2.24) is 0 Å². The number of hydrogen-bond acceptors (Lipinski definition) is 3. The third-order valence-electron chi connectivity index (χ3n) is 11.1. The van der Waals surface area contributed by atoms with Crippen LogP contribution in [0.4, 0.5) is 0 Å². The molecule has 3 heterocycles. The van der Waals surface area contributed by atoms with Crippen molar-refractivity contribution < 1.29 is 13.3 Å². The van der Waals surface area contributed by atoms with Gasteiger partial charge in [0.15, 0.2) is 0 Å². The first kappa shape index (κ1) is 28.6. The Hall–Kier alpha value is -7.10. The van der Waals surface area contributed by atoms with Gasteiger partial charge >= 0.3 is 0 Å².